The minimum absolute atomic E-state index is 0.209. The second-order valence-electron chi connectivity index (χ2n) is 7.02. The van der Waals surface area contributed by atoms with Gasteiger partial charge in [-0.05, 0) is 47.9 Å². The summed E-state index contributed by atoms with van der Waals surface area (Å²) in [6.45, 7) is 2.87. The molecule has 0 radical (unpaired) electrons. The maximum absolute atomic E-state index is 12.0. The van der Waals surface area contributed by atoms with Crippen LogP contribution in [0, 0.1) is 0 Å². The van der Waals surface area contributed by atoms with E-state index in [0.29, 0.717) is 13.2 Å². The van der Waals surface area contributed by atoms with Gasteiger partial charge in [-0.15, -0.1) is 11.3 Å². The van der Waals surface area contributed by atoms with Crippen LogP contribution in [0.25, 0.3) is 0 Å². The highest BCUT2D eigenvalue weighted by molar-refractivity contribution is 7.16. The lowest BCUT2D eigenvalue weighted by Gasteiger charge is -2.18. The van der Waals surface area contributed by atoms with Gasteiger partial charge in [-0.2, -0.15) is 0 Å². The summed E-state index contributed by atoms with van der Waals surface area (Å²) in [6, 6.07) is 19.9. The summed E-state index contributed by atoms with van der Waals surface area (Å²) < 4.78 is 11.5. The number of carbonyl (C=O) groups excluding carboxylic acids is 1. The largest absolute Gasteiger partial charge is 0.447 e. The van der Waals surface area contributed by atoms with E-state index in [1.807, 2.05) is 48.5 Å². The molecule has 1 amide bonds. The SMILES string of the molecule is O=C(Nc1ccc2c(c1)CCN2Cc1ccc(Cl)s1)OCCOCc1ccccc1. The summed E-state index contributed by atoms with van der Waals surface area (Å²) in [7, 11) is 0. The average Bonchev–Trinajstić information content (AvgIpc) is 3.34. The molecule has 5 nitrogen and oxygen atoms in total. The van der Waals surface area contributed by atoms with Gasteiger partial charge in [0.1, 0.15) is 6.61 Å². The number of carbonyl (C=O) groups is 1. The summed E-state index contributed by atoms with van der Waals surface area (Å²) in [5, 5.41) is 2.80. The predicted octanol–water partition coefficient (Wildman–Crippen LogP) is 5.73. The molecule has 4 rings (SSSR count). The summed E-state index contributed by atoms with van der Waals surface area (Å²) in [5.41, 5.74) is 4.26. The van der Waals surface area contributed by atoms with E-state index in [-0.39, 0.29) is 6.61 Å². The lowest BCUT2D eigenvalue weighted by Crippen LogP contribution is -2.19. The van der Waals surface area contributed by atoms with Crippen molar-refractivity contribution in [1.82, 2.24) is 0 Å². The quantitative estimate of drug-likeness (QED) is 0.452. The van der Waals surface area contributed by atoms with E-state index in [0.717, 1.165) is 35.1 Å². The number of hydrogen-bond acceptors (Lipinski definition) is 5. The normalized spacial score (nSPS) is 12.6. The summed E-state index contributed by atoms with van der Waals surface area (Å²) >= 11 is 7.65. The number of nitrogens with zero attached hydrogens (tertiary/aromatic N) is 1. The monoisotopic (exact) mass is 442 g/mol. The number of nitrogens with one attached hydrogen (secondary N) is 1. The molecule has 2 aromatic carbocycles. The van der Waals surface area contributed by atoms with Crippen LogP contribution in [-0.4, -0.2) is 25.9 Å². The fraction of sp³-hybridized carbons (Fsp3) is 0.261. The fourth-order valence-corrected chi connectivity index (χ4v) is 4.55. The van der Waals surface area contributed by atoms with E-state index in [1.54, 1.807) is 11.3 Å². The minimum atomic E-state index is -0.471. The number of benzene rings is 2. The highest BCUT2D eigenvalue weighted by atomic mass is 35.5. The Kier molecular flexibility index (Phi) is 6.89. The predicted molar refractivity (Wildman–Crippen MR) is 122 cm³/mol. The standard InChI is InChI=1S/C23H23ClN2O3S/c24-22-9-7-20(30-22)15-26-11-10-18-14-19(6-8-21(18)26)25-23(27)29-13-12-28-16-17-4-2-1-3-5-17/h1-9,14H,10-13,15-16H2,(H,25,27). The Labute approximate surface area is 185 Å². The maximum atomic E-state index is 12.0. The molecule has 7 heteroatoms. The van der Waals surface area contributed by atoms with Crippen LogP contribution in [0.15, 0.2) is 60.7 Å². The Hall–Kier alpha value is -2.54. The number of ether oxygens (including phenoxy) is 2. The molecule has 0 spiro atoms. The molecule has 0 aliphatic carbocycles. The maximum Gasteiger partial charge on any atom is 0.411 e. The first-order valence-electron chi connectivity index (χ1n) is 9.85. The van der Waals surface area contributed by atoms with Gasteiger partial charge in [-0.1, -0.05) is 41.9 Å². The zero-order valence-corrected chi connectivity index (χ0v) is 18.0. The molecule has 30 heavy (non-hydrogen) atoms. The van der Waals surface area contributed by atoms with Crippen molar-refractivity contribution in [3.05, 3.63) is 81.0 Å². The molecule has 156 valence electrons. The number of anilines is 2. The lowest BCUT2D eigenvalue weighted by molar-refractivity contribution is 0.0696. The van der Waals surface area contributed by atoms with Gasteiger partial charge in [0.2, 0.25) is 0 Å². The van der Waals surface area contributed by atoms with E-state index >= 15 is 0 Å². The third-order valence-electron chi connectivity index (χ3n) is 4.87. The first-order valence-corrected chi connectivity index (χ1v) is 11.0. The first-order chi connectivity index (χ1) is 14.7. The van der Waals surface area contributed by atoms with E-state index in [9.17, 15) is 4.79 Å². The molecular weight excluding hydrogens is 420 g/mol. The molecule has 0 saturated carbocycles. The average molecular weight is 443 g/mol. The van der Waals surface area contributed by atoms with Gasteiger partial charge in [0.15, 0.2) is 0 Å². The number of hydrogen-bond donors (Lipinski definition) is 1. The van der Waals surface area contributed by atoms with Crippen molar-refractivity contribution in [1.29, 1.82) is 0 Å². The molecule has 0 fully saturated rings. The van der Waals surface area contributed by atoms with Gasteiger partial charge in [0, 0.05) is 22.8 Å². The van der Waals surface area contributed by atoms with E-state index in [4.69, 9.17) is 21.1 Å². The molecule has 2 heterocycles. The third-order valence-corrected chi connectivity index (χ3v) is 6.08. The Morgan fingerprint density at radius 1 is 1.10 bits per heavy atom. The molecule has 1 aliphatic heterocycles. The van der Waals surface area contributed by atoms with E-state index < -0.39 is 6.09 Å². The molecular formula is C23H23ClN2O3S. The van der Waals surface area contributed by atoms with Gasteiger partial charge < -0.3 is 14.4 Å². The number of rotatable bonds is 8. The van der Waals surface area contributed by atoms with E-state index in [1.165, 1.54) is 16.1 Å². The summed E-state index contributed by atoms with van der Waals surface area (Å²) in [4.78, 5) is 15.6. The second kappa shape index (κ2) is 9.98. The van der Waals surface area contributed by atoms with Crippen molar-refractivity contribution in [2.24, 2.45) is 0 Å². The second-order valence-corrected chi connectivity index (χ2v) is 8.82. The van der Waals surface area contributed by atoms with Crippen molar-refractivity contribution < 1.29 is 14.3 Å². The van der Waals surface area contributed by atoms with Crippen molar-refractivity contribution in [2.75, 3.05) is 30.0 Å². The Balaban J connectivity index is 1.22. The highest BCUT2D eigenvalue weighted by Crippen LogP contribution is 2.33. The van der Waals surface area contributed by atoms with Crippen molar-refractivity contribution >= 4 is 40.4 Å². The molecule has 1 aliphatic rings. The van der Waals surface area contributed by atoms with Gasteiger partial charge in [0.05, 0.1) is 24.1 Å². The van der Waals surface area contributed by atoms with Crippen LogP contribution in [0.4, 0.5) is 16.2 Å². The summed E-state index contributed by atoms with van der Waals surface area (Å²) in [6.07, 6.45) is 0.480. The Morgan fingerprint density at radius 2 is 1.97 bits per heavy atom. The minimum Gasteiger partial charge on any atom is -0.447 e. The van der Waals surface area contributed by atoms with Gasteiger partial charge in [-0.3, -0.25) is 5.32 Å². The molecule has 1 N–H and O–H groups in total. The number of amides is 1. The highest BCUT2D eigenvalue weighted by Gasteiger charge is 2.20. The molecule has 0 saturated heterocycles. The molecule has 0 atom stereocenters. The van der Waals surface area contributed by atoms with Crippen molar-refractivity contribution in [3.63, 3.8) is 0 Å². The number of thiophene rings is 1. The van der Waals surface area contributed by atoms with Gasteiger partial charge in [-0.25, -0.2) is 4.79 Å². The van der Waals surface area contributed by atoms with E-state index in [2.05, 4.69) is 22.3 Å². The van der Waals surface area contributed by atoms with Crippen LogP contribution < -0.4 is 10.2 Å². The first kappa shape index (κ1) is 20.7. The number of halogens is 1. The van der Waals surface area contributed by atoms with Crippen LogP contribution >= 0.6 is 22.9 Å². The summed E-state index contributed by atoms with van der Waals surface area (Å²) in [5.74, 6) is 0. The zero-order chi connectivity index (χ0) is 20.8. The smallest absolute Gasteiger partial charge is 0.411 e. The van der Waals surface area contributed by atoms with Crippen LogP contribution in [0.1, 0.15) is 16.0 Å². The molecule has 1 aromatic heterocycles. The van der Waals surface area contributed by atoms with Crippen LogP contribution in [-0.2, 0) is 29.0 Å². The molecule has 0 bridgehead atoms. The van der Waals surface area contributed by atoms with Crippen molar-refractivity contribution in [2.45, 2.75) is 19.6 Å². The van der Waals surface area contributed by atoms with Crippen LogP contribution in [0.3, 0.4) is 0 Å². The van der Waals surface area contributed by atoms with Crippen LogP contribution in [0.5, 0.6) is 0 Å². The zero-order valence-electron chi connectivity index (χ0n) is 16.5. The fourth-order valence-electron chi connectivity index (χ4n) is 3.45. The topological polar surface area (TPSA) is 50.8 Å². The van der Waals surface area contributed by atoms with Gasteiger partial charge >= 0.3 is 6.09 Å². The Morgan fingerprint density at radius 3 is 2.77 bits per heavy atom. The number of fused-ring (bicyclic) bond motifs is 1. The van der Waals surface area contributed by atoms with Crippen LogP contribution in [0.2, 0.25) is 4.34 Å². The van der Waals surface area contributed by atoms with Gasteiger partial charge in [0.25, 0.3) is 0 Å². The molecule has 3 aromatic rings. The Bertz CT molecular complexity index is 993. The third kappa shape index (κ3) is 5.53. The lowest BCUT2D eigenvalue weighted by atomic mass is 10.1. The van der Waals surface area contributed by atoms with Crippen molar-refractivity contribution in [3.8, 4) is 0 Å². The molecule has 0 unspecified atom stereocenters.